The Balaban J connectivity index is 0.000000270. The summed E-state index contributed by atoms with van der Waals surface area (Å²) >= 11 is 33.2. The number of nitrogens with zero attached hydrogens (tertiary/aromatic N) is 6. The first-order valence-electron chi connectivity index (χ1n) is 29.3. The molecule has 33 heteroatoms. The van der Waals surface area contributed by atoms with Crippen LogP contribution in [0.25, 0.3) is 0 Å². The molecule has 10 rings (SSSR count). The number of benzene rings is 4. The summed E-state index contributed by atoms with van der Waals surface area (Å²) in [4.78, 5) is 32.7. The second kappa shape index (κ2) is 45.3. The Morgan fingerprint density at radius 2 is 0.864 bits per heavy atom. The van der Waals surface area contributed by atoms with Crippen LogP contribution in [0.5, 0.6) is 46.0 Å². The fraction of sp³-hybridized carbons (Fsp3) is 0.214. The van der Waals surface area contributed by atoms with Crippen molar-refractivity contribution in [3.8, 4) is 46.0 Å². The smallest absolute Gasteiger partial charge is 0.188 e. The van der Waals surface area contributed by atoms with Crippen LogP contribution < -0.4 is 23.7 Å². The minimum Gasteiger partial charge on any atom is -0.506 e. The molecule has 550 valence electrons. The molecule has 1 atom stereocenters. The van der Waals surface area contributed by atoms with Crippen LogP contribution in [0, 0.1) is 87.5 Å². The van der Waals surface area contributed by atoms with Crippen molar-refractivity contribution < 1.29 is 89.5 Å². The average Bonchev–Trinajstić information content (AvgIpc) is 0.781. The molecule has 19 nitrogen and oxygen atoms in total. The number of aryl methyl sites for hydroxylation is 2. The number of ether oxygens (including phenoxy) is 8. The minimum atomic E-state index is -1.30. The molecule has 6 heterocycles. The lowest BCUT2D eigenvalue weighted by Crippen LogP contribution is -2.12. The van der Waals surface area contributed by atoms with Crippen molar-refractivity contribution in [1.29, 1.82) is 0 Å². The lowest BCUT2D eigenvalue weighted by molar-refractivity contribution is 0.0504. The van der Waals surface area contributed by atoms with Gasteiger partial charge in [-0.15, -0.1) is 0 Å². The highest BCUT2D eigenvalue weighted by atomic mass is 127. The van der Waals surface area contributed by atoms with Gasteiger partial charge in [-0.25, -0.2) is 51.3 Å². The number of hydrogen-bond donors (Lipinski definition) is 4. The number of aromatic nitrogens is 6. The number of methoxy groups -OCH3 is 3. The molecular weight excluding hydrogens is 1800 g/mol. The molecule has 0 aliphatic rings. The number of halogens is 14. The number of rotatable bonds is 18. The van der Waals surface area contributed by atoms with E-state index in [0.717, 1.165) is 98.8 Å². The number of hydrogen-bond acceptors (Lipinski definition) is 19. The van der Waals surface area contributed by atoms with Gasteiger partial charge in [-0.2, -0.15) is 0 Å². The van der Waals surface area contributed by atoms with Gasteiger partial charge in [0.2, 0.25) is 0 Å². The van der Waals surface area contributed by atoms with Gasteiger partial charge in [0.1, 0.15) is 65.0 Å². The van der Waals surface area contributed by atoms with Gasteiger partial charge in [-0.1, -0.05) is 119 Å². The molecule has 0 radical (unpaired) electrons. The molecular formula is C70H64Cl5F6I3N6O13. The Kier molecular flexibility index (Phi) is 38.9. The Bertz CT molecular complexity index is 4290. The Morgan fingerprint density at radius 1 is 0.456 bits per heavy atom. The van der Waals surface area contributed by atoms with Crippen molar-refractivity contribution >= 4 is 132 Å². The maximum Gasteiger partial charge on any atom is 0.188 e. The summed E-state index contributed by atoms with van der Waals surface area (Å²) in [5.74, 6) is -2.18. The van der Waals surface area contributed by atoms with Crippen LogP contribution >= 0.6 is 126 Å². The van der Waals surface area contributed by atoms with E-state index in [-0.39, 0.29) is 97.4 Å². The number of aliphatic hydroxyl groups is 1. The molecule has 0 aliphatic heterocycles. The molecule has 10 aromatic rings. The van der Waals surface area contributed by atoms with E-state index in [9.17, 15) is 36.2 Å². The van der Waals surface area contributed by atoms with Gasteiger partial charge in [0.15, 0.2) is 104 Å². The van der Waals surface area contributed by atoms with Crippen molar-refractivity contribution in [2.45, 2.75) is 60.9 Å². The van der Waals surface area contributed by atoms with Gasteiger partial charge in [0.05, 0.1) is 18.6 Å². The maximum atomic E-state index is 14.7. The summed E-state index contributed by atoms with van der Waals surface area (Å²) < 4.78 is 119. The average molecular weight is 1870 g/mol. The molecule has 0 bridgehead atoms. The lowest BCUT2D eigenvalue weighted by atomic mass is 9.92. The third-order valence-electron chi connectivity index (χ3n) is 13.3. The molecule has 6 aromatic heterocycles. The van der Waals surface area contributed by atoms with Crippen molar-refractivity contribution in [2.75, 3.05) is 41.7 Å². The fourth-order valence-corrected chi connectivity index (χ4v) is 10.5. The number of aromatic hydroxyl groups is 3. The highest BCUT2D eigenvalue weighted by Gasteiger charge is 2.25. The quantitative estimate of drug-likeness (QED) is 0.0205. The molecule has 103 heavy (non-hydrogen) atoms. The SMILES string of the molecule is COCOc1cc(F)c(C(O)c2c(C)cc(OCc3ccccc3)c(C)c2C)nc1Cl.COCOc1cc(F)c(I)nc1Cl.COCOc1cc(F)c(I)nc1Cl.Cc1cc(OCc2ccccc2)c(C)c(C)c1C=O.Oc1cc(F)c(I)nc1Cl.Oc1cc(F)cnc1Cl.Oc1cncc(F)c1. The first-order chi connectivity index (χ1) is 48.8. The third-order valence-corrected chi connectivity index (χ3v) is 17.0. The van der Waals surface area contributed by atoms with Crippen molar-refractivity contribution in [2.24, 2.45) is 0 Å². The predicted molar refractivity (Wildman–Crippen MR) is 403 cm³/mol. The number of carbonyl (C=O) groups is 1. The summed E-state index contributed by atoms with van der Waals surface area (Å²) in [6.07, 6.45) is 2.75. The standard InChI is InChI=1S/C24H25ClFNO4.C17H18O2.2C7H6ClFINO2.C5H2ClFINO.C5H3ClFNO.C5H4FNO/c1-14-10-19(30-12-17-8-6-5-7-9-17)15(2)16(3)21(14)23(28)22-18(26)11-20(24(25)27-22)31-13-29-4;1-12-9-17(14(3)13(2)16(12)10-18)19-11-15-7-5-4-6-8-15;2*1-12-3-13-5-2-4(9)7(10)11-6(5)8;6-4-3(10)1-2(7)5(8)9-4;6-5-4(9)1-3(7)2-8-5;6-4-1-5(8)3-7-2-4/h5-11,23,28H,12-13H2,1-4H3;4-10H,11H2,1-3H3;2*2H,3H2,1H3;1,10H;1-2,9H;1-3,8H. The Hall–Kier alpha value is -7.09. The van der Waals surface area contributed by atoms with Gasteiger partial charge in [-0.3, -0.25) is 9.78 Å². The summed E-state index contributed by atoms with van der Waals surface area (Å²) in [6.45, 7) is 12.4. The topological polar surface area (TPSA) is 249 Å². The summed E-state index contributed by atoms with van der Waals surface area (Å²) in [6, 6.07) is 30.0. The number of carbonyl (C=O) groups excluding carboxylic acids is 1. The summed E-state index contributed by atoms with van der Waals surface area (Å²) in [7, 11) is 4.37. The molecule has 0 aliphatic carbocycles. The molecule has 0 amide bonds. The zero-order valence-corrected chi connectivity index (χ0v) is 66.0. The predicted octanol–water partition coefficient (Wildman–Crippen LogP) is 19.1. The minimum absolute atomic E-state index is 0.0153. The van der Waals surface area contributed by atoms with E-state index in [2.05, 4.69) is 39.4 Å². The molecule has 1 unspecified atom stereocenters. The molecule has 0 saturated carbocycles. The summed E-state index contributed by atoms with van der Waals surface area (Å²) in [5, 5.41) is 37.0. The Labute approximate surface area is 655 Å². The second-order valence-electron chi connectivity index (χ2n) is 20.6. The monoisotopic (exact) mass is 1870 g/mol. The summed E-state index contributed by atoms with van der Waals surface area (Å²) in [5.41, 5.74) is 8.77. The van der Waals surface area contributed by atoms with Crippen molar-refractivity contribution in [3.63, 3.8) is 0 Å². The zero-order valence-electron chi connectivity index (χ0n) is 55.8. The van der Waals surface area contributed by atoms with Gasteiger partial charge >= 0.3 is 0 Å². The van der Waals surface area contributed by atoms with E-state index in [1.54, 1.807) is 67.8 Å². The fourth-order valence-electron chi connectivity index (χ4n) is 8.07. The first kappa shape index (κ1) is 88.3. The molecule has 4 aromatic carbocycles. The van der Waals surface area contributed by atoms with E-state index in [4.69, 9.17) is 102 Å². The third kappa shape index (κ3) is 29.1. The van der Waals surface area contributed by atoms with Crippen molar-refractivity contribution in [3.05, 3.63) is 261 Å². The molecule has 0 spiro atoms. The van der Waals surface area contributed by atoms with E-state index >= 15 is 0 Å². The number of aldehydes is 1. The van der Waals surface area contributed by atoms with Crippen molar-refractivity contribution in [1.82, 2.24) is 29.9 Å². The highest BCUT2D eigenvalue weighted by Crippen LogP contribution is 2.38. The van der Waals surface area contributed by atoms with E-state index in [1.165, 1.54) is 39.7 Å². The van der Waals surface area contributed by atoms with Gasteiger partial charge < -0.3 is 58.3 Å². The van der Waals surface area contributed by atoms with Gasteiger partial charge in [0.25, 0.3) is 0 Å². The largest absolute Gasteiger partial charge is 0.506 e. The van der Waals surface area contributed by atoms with Gasteiger partial charge in [0, 0.05) is 63.3 Å². The van der Waals surface area contributed by atoms with Crippen LogP contribution in [-0.4, -0.2) is 98.3 Å². The molecule has 0 saturated heterocycles. The van der Waals surface area contributed by atoms with Crippen LogP contribution in [-0.2, 0) is 27.4 Å². The second-order valence-corrected chi connectivity index (χ2v) is 25.4. The zero-order chi connectivity index (χ0) is 76.6. The van der Waals surface area contributed by atoms with Crippen LogP contribution in [0.4, 0.5) is 26.3 Å². The first-order valence-corrected chi connectivity index (χ1v) is 34.4. The van der Waals surface area contributed by atoms with Crippen LogP contribution in [0.1, 0.15) is 72.2 Å². The van der Waals surface area contributed by atoms with E-state index < -0.39 is 41.0 Å². The normalized spacial score (nSPS) is 10.6. The molecule has 0 fully saturated rings. The number of pyridine rings is 6. The maximum absolute atomic E-state index is 14.7. The van der Waals surface area contributed by atoms with Crippen LogP contribution in [0.3, 0.4) is 0 Å². The van der Waals surface area contributed by atoms with E-state index in [0.29, 0.717) is 24.5 Å². The number of aliphatic hydroxyl groups excluding tert-OH is 1. The van der Waals surface area contributed by atoms with Crippen LogP contribution in [0.15, 0.2) is 128 Å². The molecule has 4 N–H and O–H groups in total. The highest BCUT2D eigenvalue weighted by molar-refractivity contribution is 14.1. The lowest BCUT2D eigenvalue weighted by Gasteiger charge is -2.21. The van der Waals surface area contributed by atoms with Crippen LogP contribution in [0.2, 0.25) is 25.8 Å². The Morgan fingerprint density at radius 3 is 1.27 bits per heavy atom. The van der Waals surface area contributed by atoms with E-state index in [1.807, 2.05) is 114 Å². The van der Waals surface area contributed by atoms with Gasteiger partial charge in [-0.05, 0) is 172 Å².